The van der Waals surface area contributed by atoms with Gasteiger partial charge < -0.3 is 4.74 Å². The molecular weight excluding hydrogens is 359 g/mol. The van der Waals surface area contributed by atoms with Gasteiger partial charge in [0.2, 0.25) is 5.88 Å². The average molecular weight is 383 g/mol. The fourth-order valence-electron chi connectivity index (χ4n) is 2.70. The summed E-state index contributed by atoms with van der Waals surface area (Å²) in [6.07, 6.45) is 0. The van der Waals surface area contributed by atoms with E-state index in [-0.39, 0.29) is 11.7 Å². The first-order valence-corrected chi connectivity index (χ1v) is 9.90. The molecule has 5 heteroatoms. The summed E-state index contributed by atoms with van der Waals surface area (Å²) in [6.45, 7) is 8.23. The summed E-state index contributed by atoms with van der Waals surface area (Å²) in [7, 11) is 0. The molecule has 0 aliphatic carbocycles. The van der Waals surface area contributed by atoms with Crippen molar-refractivity contribution in [3.63, 3.8) is 0 Å². The van der Waals surface area contributed by atoms with Crippen molar-refractivity contribution in [2.45, 2.75) is 44.5 Å². The van der Waals surface area contributed by atoms with Gasteiger partial charge in [0.1, 0.15) is 11.6 Å². The molecule has 1 heterocycles. The van der Waals surface area contributed by atoms with Gasteiger partial charge in [-0.1, -0.05) is 49.9 Å². The second-order valence-corrected chi connectivity index (χ2v) is 7.82. The van der Waals surface area contributed by atoms with Gasteiger partial charge in [-0.2, -0.15) is 4.98 Å². The maximum absolute atomic E-state index is 13.9. The molecule has 0 aliphatic heterocycles. The lowest BCUT2D eigenvalue weighted by Gasteiger charge is -2.12. The molecule has 1 aromatic heterocycles. The second kappa shape index (κ2) is 8.53. The standard InChI is InChI=1S/C22H23FN2OS/c1-14(2)20-12-21(26-18-10-15(3)9-16(4)11-18)25-22(24-20)27-13-17-7-5-6-8-19(17)23/h5-12,14H,13H2,1-4H3. The quantitative estimate of drug-likeness (QED) is 0.363. The minimum Gasteiger partial charge on any atom is -0.439 e. The maximum Gasteiger partial charge on any atom is 0.223 e. The van der Waals surface area contributed by atoms with Crippen LogP contribution in [0.5, 0.6) is 11.6 Å². The van der Waals surface area contributed by atoms with Crippen molar-refractivity contribution in [2.24, 2.45) is 0 Å². The van der Waals surface area contributed by atoms with E-state index in [1.165, 1.54) is 17.8 Å². The number of nitrogens with zero attached hydrogens (tertiary/aromatic N) is 2. The van der Waals surface area contributed by atoms with E-state index in [1.807, 2.05) is 38.1 Å². The van der Waals surface area contributed by atoms with E-state index in [4.69, 9.17) is 4.74 Å². The minimum absolute atomic E-state index is 0.211. The summed E-state index contributed by atoms with van der Waals surface area (Å²) in [5, 5.41) is 0.587. The van der Waals surface area contributed by atoms with E-state index < -0.39 is 0 Å². The van der Waals surface area contributed by atoms with E-state index in [0.717, 1.165) is 22.6 Å². The number of rotatable bonds is 6. The smallest absolute Gasteiger partial charge is 0.223 e. The second-order valence-electron chi connectivity index (χ2n) is 6.87. The molecule has 0 radical (unpaired) electrons. The third-order valence-corrected chi connectivity index (χ3v) is 4.92. The van der Waals surface area contributed by atoms with E-state index in [1.54, 1.807) is 12.1 Å². The molecule has 3 aromatic rings. The number of halogens is 1. The van der Waals surface area contributed by atoms with Crippen molar-refractivity contribution in [3.05, 3.63) is 76.7 Å². The largest absolute Gasteiger partial charge is 0.439 e. The number of hydrogen-bond donors (Lipinski definition) is 0. The highest BCUT2D eigenvalue weighted by Crippen LogP contribution is 2.28. The predicted octanol–water partition coefficient (Wildman–Crippen LogP) is 6.44. The molecular formula is C22H23FN2OS. The minimum atomic E-state index is -0.211. The Balaban J connectivity index is 1.85. The molecule has 2 aromatic carbocycles. The lowest BCUT2D eigenvalue weighted by atomic mass is 10.1. The molecule has 0 saturated carbocycles. The highest BCUT2D eigenvalue weighted by molar-refractivity contribution is 7.98. The van der Waals surface area contributed by atoms with Crippen molar-refractivity contribution >= 4 is 11.8 Å². The Labute approximate surface area is 164 Å². The first-order chi connectivity index (χ1) is 12.9. The molecule has 0 aliphatic rings. The number of aromatic nitrogens is 2. The zero-order chi connectivity index (χ0) is 19.4. The monoisotopic (exact) mass is 382 g/mol. The fraction of sp³-hybridized carbons (Fsp3) is 0.273. The summed E-state index contributed by atoms with van der Waals surface area (Å²) in [5.74, 6) is 1.76. The molecule has 0 spiro atoms. The first-order valence-electron chi connectivity index (χ1n) is 8.92. The van der Waals surface area contributed by atoms with Gasteiger partial charge in [0.05, 0.1) is 5.69 Å². The van der Waals surface area contributed by atoms with Gasteiger partial charge >= 0.3 is 0 Å². The topological polar surface area (TPSA) is 35.0 Å². The lowest BCUT2D eigenvalue weighted by Crippen LogP contribution is -2.00. The van der Waals surface area contributed by atoms with Crippen LogP contribution in [0.1, 0.15) is 42.1 Å². The number of benzene rings is 2. The number of hydrogen-bond acceptors (Lipinski definition) is 4. The number of ether oxygens (including phenoxy) is 1. The third kappa shape index (κ3) is 5.30. The Morgan fingerprint density at radius 3 is 2.37 bits per heavy atom. The molecule has 0 bridgehead atoms. The van der Waals surface area contributed by atoms with Gasteiger partial charge in [-0.3, -0.25) is 0 Å². The molecule has 0 fully saturated rings. The molecule has 3 rings (SSSR count). The van der Waals surface area contributed by atoms with Crippen molar-refractivity contribution in [3.8, 4) is 11.6 Å². The van der Waals surface area contributed by atoms with Gasteiger partial charge in [0.25, 0.3) is 0 Å². The maximum atomic E-state index is 13.9. The van der Waals surface area contributed by atoms with Crippen LogP contribution in [0.4, 0.5) is 4.39 Å². The summed E-state index contributed by atoms with van der Waals surface area (Å²) < 4.78 is 19.9. The van der Waals surface area contributed by atoms with Gasteiger partial charge in [0, 0.05) is 11.8 Å². The van der Waals surface area contributed by atoms with Gasteiger partial charge in [-0.25, -0.2) is 9.37 Å². The highest BCUT2D eigenvalue weighted by atomic mass is 32.2. The Kier molecular flexibility index (Phi) is 6.11. The third-order valence-electron chi connectivity index (χ3n) is 4.03. The number of thioether (sulfide) groups is 1. The van der Waals surface area contributed by atoms with Crippen LogP contribution in [0.25, 0.3) is 0 Å². The lowest BCUT2D eigenvalue weighted by molar-refractivity contribution is 0.452. The van der Waals surface area contributed by atoms with Crippen LogP contribution in [0.3, 0.4) is 0 Å². The van der Waals surface area contributed by atoms with Crippen molar-refractivity contribution in [2.75, 3.05) is 0 Å². The SMILES string of the molecule is Cc1cc(C)cc(Oc2cc(C(C)C)nc(SCc3ccccc3F)n2)c1. The number of aryl methyl sites for hydroxylation is 2. The van der Waals surface area contributed by atoms with Crippen LogP contribution in [0.2, 0.25) is 0 Å². The van der Waals surface area contributed by atoms with E-state index >= 15 is 0 Å². The fourth-order valence-corrected chi connectivity index (χ4v) is 3.55. The van der Waals surface area contributed by atoms with Crippen molar-refractivity contribution in [1.82, 2.24) is 9.97 Å². The first kappa shape index (κ1) is 19.4. The molecule has 140 valence electrons. The van der Waals surface area contributed by atoms with Gasteiger partial charge in [-0.05, 0) is 54.7 Å². The molecule has 3 nitrogen and oxygen atoms in total. The predicted molar refractivity (Wildman–Crippen MR) is 108 cm³/mol. The summed E-state index contributed by atoms with van der Waals surface area (Å²) in [4.78, 5) is 9.13. The van der Waals surface area contributed by atoms with Crippen LogP contribution in [-0.4, -0.2) is 9.97 Å². The van der Waals surface area contributed by atoms with Crippen LogP contribution in [0.15, 0.2) is 53.7 Å². The summed E-state index contributed by atoms with van der Waals surface area (Å²) in [6, 6.07) is 14.7. The van der Waals surface area contributed by atoms with Crippen LogP contribution < -0.4 is 4.74 Å². The van der Waals surface area contributed by atoms with Crippen LogP contribution in [-0.2, 0) is 5.75 Å². The molecule has 0 saturated heterocycles. The summed E-state index contributed by atoms with van der Waals surface area (Å²) >= 11 is 1.41. The molecule has 27 heavy (non-hydrogen) atoms. The Bertz CT molecular complexity index is 923. The van der Waals surface area contributed by atoms with Gasteiger partial charge in [-0.15, -0.1) is 0 Å². The zero-order valence-electron chi connectivity index (χ0n) is 16.0. The normalized spacial score (nSPS) is 11.0. The molecule has 0 atom stereocenters. The van der Waals surface area contributed by atoms with Crippen molar-refractivity contribution < 1.29 is 9.13 Å². The van der Waals surface area contributed by atoms with Crippen LogP contribution >= 0.6 is 11.8 Å². The van der Waals surface area contributed by atoms with E-state index in [9.17, 15) is 4.39 Å². The average Bonchev–Trinajstić information content (AvgIpc) is 2.60. The Morgan fingerprint density at radius 2 is 1.70 bits per heavy atom. The molecule has 0 amide bonds. The highest BCUT2D eigenvalue weighted by Gasteiger charge is 2.12. The Hall–Kier alpha value is -2.40. The zero-order valence-corrected chi connectivity index (χ0v) is 16.8. The Morgan fingerprint density at radius 1 is 1.00 bits per heavy atom. The van der Waals surface area contributed by atoms with Crippen LogP contribution in [0, 0.1) is 19.7 Å². The van der Waals surface area contributed by atoms with Gasteiger partial charge in [0.15, 0.2) is 5.16 Å². The van der Waals surface area contributed by atoms with E-state index in [2.05, 4.69) is 29.9 Å². The molecule has 0 unspecified atom stereocenters. The summed E-state index contributed by atoms with van der Waals surface area (Å²) in [5.41, 5.74) is 3.81. The van der Waals surface area contributed by atoms with Crippen molar-refractivity contribution in [1.29, 1.82) is 0 Å². The van der Waals surface area contributed by atoms with E-state index in [0.29, 0.717) is 22.4 Å². The molecule has 0 N–H and O–H groups in total.